The predicted octanol–water partition coefficient (Wildman–Crippen LogP) is 4.70. The molecule has 20 heavy (non-hydrogen) atoms. The summed E-state index contributed by atoms with van der Waals surface area (Å²) >= 11 is 3.16. The standard InChI is InChI=1S/C16H18BrFN2/c1-9(13-7-10-2-3-11(13)6-10)20-14-5-4-12(8-19)15(17)16(14)18/h4-5,9-11,13,20H,2-3,6-7H2,1H3. The van der Waals surface area contributed by atoms with Crippen LogP contribution in [0.2, 0.25) is 0 Å². The summed E-state index contributed by atoms with van der Waals surface area (Å²) in [5.41, 5.74) is 0.826. The highest BCUT2D eigenvalue weighted by Gasteiger charge is 2.41. The van der Waals surface area contributed by atoms with Gasteiger partial charge in [0, 0.05) is 6.04 Å². The molecule has 0 heterocycles. The summed E-state index contributed by atoms with van der Waals surface area (Å²) in [6, 6.07) is 5.58. The van der Waals surface area contributed by atoms with Crippen LogP contribution < -0.4 is 5.32 Å². The minimum absolute atomic E-state index is 0.255. The van der Waals surface area contributed by atoms with Crippen molar-refractivity contribution in [1.29, 1.82) is 5.26 Å². The van der Waals surface area contributed by atoms with Crippen LogP contribution in [0.3, 0.4) is 0 Å². The molecule has 3 rings (SSSR count). The SMILES string of the molecule is CC(Nc1ccc(C#N)c(Br)c1F)C1CC2CCC1C2. The molecule has 1 N–H and O–H groups in total. The number of benzene rings is 1. The van der Waals surface area contributed by atoms with Crippen molar-refractivity contribution >= 4 is 21.6 Å². The Morgan fingerprint density at radius 1 is 1.40 bits per heavy atom. The summed E-state index contributed by atoms with van der Waals surface area (Å²) < 4.78 is 14.5. The van der Waals surface area contributed by atoms with E-state index in [4.69, 9.17) is 5.26 Å². The van der Waals surface area contributed by atoms with Gasteiger partial charge in [-0.3, -0.25) is 0 Å². The zero-order valence-electron chi connectivity index (χ0n) is 11.5. The summed E-state index contributed by atoms with van der Waals surface area (Å²) in [5, 5.41) is 12.2. The molecule has 2 fully saturated rings. The van der Waals surface area contributed by atoms with Gasteiger partial charge in [0.15, 0.2) is 5.82 Å². The Morgan fingerprint density at radius 2 is 2.20 bits per heavy atom. The number of halogens is 2. The van der Waals surface area contributed by atoms with Crippen molar-refractivity contribution in [3.63, 3.8) is 0 Å². The molecule has 0 aliphatic heterocycles. The van der Waals surface area contributed by atoms with Crippen LogP contribution in [0.5, 0.6) is 0 Å². The van der Waals surface area contributed by atoms with Crippen LogP contribution in [0.25, 0.3) is 0 Å². The van der Waals surface area contributed by atoms with Crippen LogP contribution in [0.1, 0.15) is 38.2 Å². The third-order valence-corrected chi connectivity index (χ3v) is 5.80. The van der Waals surface area contributed by atoms with E-state index in [1.54, 1.807) is 12.1 Å². The van der Waals surface area contributed by atoms with Gasteiger partial charge in [0.2, 0.25) is 0 Å². The Labute approximate surface area is 127 Å². The predicted molar refractivity (Wildman–Crippen MR) is 80.8 cm³/mol. The monoisotopic (exact) mass is 336 g/mol. The van der Waals surface area contributed by atoms with E-state index in [1.165, 1.54) is 25.7 Å². The number of nitrogens with one attached hydrogen (secondary N) is 1. The molecule has 2 nitrogen and oxygen atoms in total. The molecule has 0 amide bonds. The number of hydrogen-bond donors (Lipinski definition) is 1. The molecule has 1 aromatic rings. The fraction of sp³-hybridized carbons (Fsp3) is 0.562. The van der Waals surface area contributed by atoms with Gasteiger partial charge in [-0.15, -0.1) is 0 Å². The highest BCUT2D eigenvalue weighted by Crippen LogP contribution is 2.50. The second kappa shape index (κ2) is 5.37. The lowest BCUT2D eigenvalue weighted by Gasteiger charge is -2.29. The molecule has 4 atom stereocenters. The lowest BCUT2D eigenvalue weighted by Crippen LogP contribution is -2.30. The van der Waals surface area contributed by atoms with Gasteiger partial charge in [0.1, 0.15) is 6.07 Å². The van der Waals surface area contributed by atoms with Gasteiger partial charge < -0.3 is 5.32 Å². The molecule has 0 spiro atoms. The van der Waals surface area contributed by atoms with Crippen LogP contribution in [-0.4, -0.2) is 6.04 Å². The number of fused-ring (bicyclic) bond motifs is 2. The number of nitrogens with zero attached hydrogens (tertiary/aromatic N) is 1. The lowest BCUT2D eigenvalue weighted by atomic mass is 9.84. The van der Waals surface area contributed by atoms with Gasteiger partial charge in [-0.1, -0.05) is 6.42 Å². The average molecular weight is 337 g/mol. The van der Waals surface area contributed by atoms with Crippen molar-refractivity contribution in [2.45, 2.75) is 38.6 Å². The first kappa shape index (κ1) is 13.9. The molecular formula is C16H18BrFN2. The van der Waals surface area contributed by atoms with Crippen LogP contribution in [0.15, 0.2) is 16.6 Å². The molecule has 106 valence electrons. The van der Waals surface area contributed by atoms with Gasteiger partial charge in [-0.2, -0.15) is 5.26 Å². The van der Waals surface area contributed by atoms with Crippen LogP contribution in [0, 0.1) is 34.9 Å². The summed E-state index contributed by atoms with van der Waals surface area (Å²) in [4.78, 5) is 0. The zero-order valence-corrected chi connectivity index (χ0v) is 13.1. The van der Waals surface area contributed by atoms with Crippen molar-refractivity contribution in [3.8, 4) is 6.07 Å². The average Bonchev–Trinajstić information content (AvgIpc) is 3.06. The first-order valence-corrected chi connectivity index (χ1v) is 8.04. The van der Waals surface area contributed by atoms with E-state index in [9.17, 15) is 4.39 Å². The largest absolute Gasteiger partial charge is 0.380 e. The third-order valence-electron chi connectivity index (χ3n) is 5.02. The van der Waals surface area contributed by atoms with Crippen LogP contribution >= 0.6 is 15.9 Å². The minimum Gasteiger partial charge on any atom is -0.380 e. The first-order valence-electron chi connectivity index (χ1n) is 7.24. The minimum atomic E-state index is -0.362. The Hall–Kier alpha value is -1.08. The summed E-state index contributed by atoms with van der Waals surface area (Å²) in [6.07, 6.45) is 5.35. The first-order chi connectivity index (χ1) is 9.60. The van der Waals surface area contributed by atoms with Gasteiger partial charge in [0.05, 0.1) is 15.7 Å². The molecule has 4 heteroatoms. The zero-order chi connectivity index (χ0) is 14.3. The van der Waals surface area contributed by atoms with Crippen molar-refractivity contribution in [1.82, 2.24) is 0 Å². The molecule has 2 aliphatic carbocycles. The van der Waals surface area contributed by atoms with E-state index < -0.39 is 0 Å². The van der Waals surface area contributed by atoms with E-state index in [-0.39, 0.29) is 16.3 Å². The topological polar surface area (TPSA) is 35.8 Å². The number of nitriles is 1. The highest BCUT2D eigenvalue weighted by molar-refractivity contribution is 9.10. The summed E-state index contributed by atoms with van der Waals surface area (Å²) in [7, 11) is 0. The second-order valence-corrected chi connectivity index (χ2v) is 6.97. The Bertz CT molecular complexity index is 566. The van der Waals surface area contributed by atoms with Gasteiger partial charge in [-0.05, 0) is 72.0 Å². The maximum Gasteiger partial charge on any atom is 0.161 e. The van der Waals surface area contributed by atoms with Crippen molar-refractivity contribution in [2.75, 3.05) is 5.32 Å². The second-order valence-electron chi connectivity index (χ2n) is 6.17. The van der Waals surface area contributed by atoms with E-state index in [0.29, 0.717) is 17.2 Å². The Balaban J connectivity index is 1.75. The normalized spacial score (nSPS) is 29.2. The van der Waals surface area contributed by atoms with Crippen molar-refractivity contribution in [3.05, 3.63) is 28.0 Å². The van der Waals surface area contributed by atoms with Gasteiger partial charge >= 0.3 is 0 Å². The van der Waals surface area contributed by atoms with Gasteiger partial charge in [-0.25, -0.2) is 4.39 Å². The van der Waals surface area contributed by atoms with Crippen LogP contribution in [0.4, 0.5) is 10.1 Å². The van der Waals surface area contributed by atoms with E-state index in [1.807, 2.05) is 6.07 Å². The number of rotatable bonds is 3. The Kier molecular flexibility index (Phi) is 3.72. The van der Waals surface area contributed by atoms with E-state index in [0.717, 1.165) is 11.8 Å². The molecule has 0 aromatic heterocycles. The lowest BCUT2D eigenvalue weighted by molar-refractivity contribution is 0.304. The van der Waals surface area contributed by atoms with E-state index >= 15 is 0 Å². The summed E-state index contributed by atoms with van der Waals surface area (Å²) in [5.74, 6) is 2.00. The molecule has 2 saturated carbocycles. The van der Waals surface area contributed by atoms with Gasteiger partial charge in [0.25, 0.3) is 0 Å². The molecule has 4 unspecified atom stereocenters. The number of anilines is 1. The maximum atomic E-state index is 14.2. The molecule has 0 radical (unpaired) electrons. The number of hydrogen-bond acceptors (Lipinski definition) is 2. The third kappa shape index (κ3) is 2.33. The van der Waals surface area contributed by atoms with E-state index in [2.05, 4.69) is 28.2 Å². The highest BCUT2D eigenvalue weighted by atomic mass is 79.9. The molecule has 0 saturated heterocycles. The smallest absolute Gasteiger partial charge is 0.161 e. The fourth-order valence-corrected chi connectivity index (χ4v) is 4.44. The van der Waals surface area contributed by atoms with Crippen molar-refractivity contribution < 1.29 is 4.39 Å². The summed E-state index contributed by atoms with van der Waals surface area (Å²) in [6.45, 7) is 2.15. The molecule has 2 bridgehead atoms. The molecule has 1 aromatic carbocycles. The maximum absolute atomic E-state index is 14.2. The molecule has 2 aliphatic rings. The van der Waals surface area contributed by atoms with Crippen LogP contribution in [-0.2, 0) is 0 Å². The van der Waals surface area contributed by atoms with Crippen molar-refractivity contribution in [2.24, 2.45) is 17.8 Å². The quantitative estimate of drug-likeness (QED) is 0.868. The fourth-order valence-electron chi connectivity index (χ4n) is 4.01. The Morgan fingerprint density at radius 3 is 2.80 bits per heavy atom. The molecular weight excluding hydrogens is 319 g/mol.